The van der Waals surface area contributed by atoms with Gasteiger partial charge in [0.1, 0.15) is 11.5 Å². The molecular weight excluding hydrogens is 483 g/mol. The molecule has 0 radical (unpaired) electrons. The number of urea groups is 1. The summed E-state index contributed by atoms with van der Waals surface area (Å²) in [7, 11) is 1.43. The summed E-state index contributed by atoms with van der Waals surface area (Å²) in [6, 6.07) is 9.26. The molecule has 1 aromatic heterocycles. The van der Waals surface area contributed by atoms with Crippen molar-refractivity contribution in [3.05, 3.63) is 76.2 Å². The Morgan fingerprint density at radius 3 is 2.50 bits per heavy atom. The molecule has 3 aromatic rings. The number of aromatic nitrogens is 1. The number of nitrogens with zero attached hydrogens (tertiary/aromatic N) is 1. The zero-order valence-electron chi connectivity index (χ0n) is 19.1. The number of amides is 2. The molecule has 36 heavy (non-hydrogen) atoms. The Hall–Kier alpha value is -4.48. The maximum Gasteiger partial charge on any atom is 0.573 e. The van der Waals surface area contributed by atoms with Gasteiger partial charge in [0.2, 0.25) is 0 Å². The predicted octanol–water partition coefficient (Wildman–Crippen LogP) is 4.30. The standard InChI is InChI=1S/C24H22F3N3O6/c1-13-12-30(2)22(34)20(21(13)33)29-23(35)28-17(11-19(31)32)15-7-5-6-14(10-15)16-8-3-4-9-18(16)36-24(25,26)27/h3-10,12,17,33H,11H2,1-2H3,(H,31,32)(H2,28,29,35)/t17-/m0/s1. The van der Waals surface area contributed by atoms with Crippen LogP contribution in [0.3, 0.4) is 0 Å². The largest absolute Gasteiger partial charge is 0.573 e. The molecule has 0 saturated heterocycles. The summed E-state index contributed by atoms with van der Waals surface area (Å²) in [6.45, 7) is 1.52. The van der Waals surface area contributed by atoms with Gasteiger partial charge in [0.25, 0.3) is 5.56 Å². The summed E-state index contributed by atoms with van der Waals surface area (Å²) in [5.41, 5.74) is -0.101. The zero-order chi connectivity index (χ0) is 26.6. The fraction of sp³-hybridized carbons (Fsp3) is 0.208. The Morgan fingerprint density at radius 1 is 1.14 bits per heavy atom. The van der Waals surface area contributed by atoms with Crippen molar-refractivity contribution in [1.82, 2.24) is 9.88 Å². The molecule has 12 heteroatoms. The number of hydrogen-bond donors (Lipinski definition) is 4. The van der Waals surface area contributed by atoms with Crippen LogP contribution < -0.4 is 20.9 Å². The number of ether oxygens (including phenoxy) is 1. The number of carboxylic acid groups (broad SMARTS) is 1. The van der Waals surface area contributed by atoms with Gasteiger partial charge >= 0.3 is 18.4 Å². The van der Waals surface area contributed by atoms with Crippen molar-refractivity contribution in [2.75, 3.05) is 5.32 Å². The number of carboxylic acids is 1. The van der Waals surface area contributed by atoms with Crippen LogP contribution in [-0.2, 0) is 11.8 Å². The van der Waals surface area contributed by atoms with Gasteiger partial charge in [-0.05, 0) is 30.2 Å². The van der Waals surface area contributed by atoms with Crippen LogP contribution in [0.2, 0.25) is 0 Å². The fourth-order valence-corrected chi connectivity index (χ4v) is 3.57. The lowest BCUT2D eigenvalue weighted by Crippen LogP contribution is -2.36. The van der Waals surface area contributed by atoms with Crippen LogP contribution in [0.1, 0.15) is 23.6 Å². The molecule has 0 spiro atoms. The first kappa shape index (κ1) is 26.1. The highest BCUT2D eigenvalue weighted by molar-refractivity contribution is 5.91. The summed E-state index contributed by atoms with van der Waals surface area (Å²) < 4.78 is 43.8. The van der Waals surface area contributed by atoms with E-state index in [1.165, 1.54) is 62.6 Å². The molecule has 9 nitrogen and oxygen atoms in total. The number of hydrogen-bond acceptors (Lipinski definition) is 5. The molecule has 3 rings (SSSR count). The number of nitrogens with one attached hydrogen (secondary N) is 2. The molecule has 1 atom stereocenters. The molecule has 0 aliphatic heterocycles. The van der Waals surface area contributed by atoms with Crippen LogP contribution in [0.5, 0.6) is 11.5 Å². The number of aryl methyl sites for hydroxylation is 2. The lowest BCUT2D eigenvalue weighted by molar-refractivity contribution is -0.274. The van der Waals surface area contributed by atoms with Crippen LogP contribution in [0.15, 0.2) is 59.5 Å². The number of aromatic hydroxyl groups is 1. The van der Waals surface area contributed by atoms with Gasteiger partial charge in [0.05, 0.1) is 12.5 Å². The predicted molar refractivity (Wildman–Crippen MR) is 124 cm³/mol. The van der Waals surface area contributed by atoms with Gasteiger partial charge in [-0.3, -0.25) is 9.59 Å². The maximum absolute atomic E-state index is 12.8. The van der Waals surface area contributed by atoms with E-state index in [2.05, 4.69) is 15.4 Å². The second-order valence-electron chi connectivity index (χ2n) is 7.87. The number of carbonyl (C=O) groups is 2. The van der Waals surface area contributed by atoms with E-state index in [0.717, 1.165) is 10.6 Å². The molecule has 0 unspecified atom stereocenters. The highest BCUT2D eigenvalue weighted by atomic mass is 19.4. The molecule has 0 aliphatic rings. The smallest absolute Gasteiger partial charge is 0.505 e. The number of alkyl halides is 3. The third-order valence-electron chi connectivity index (χ3n) is 5.17. The summed E-state index contributed by atoms with van der Waals surface area (Å²) >= 11 is 0. The minimum absolute atomic E-state index is 0.100. The Labute approximate surface area is 202 Å². The molecule has 0 bridgehead atoms. The second kappa shape index (κ2) is 10.4. The van der Waals surface area contributed by atoms with E-state index in [-0.39, 0.29) is 16.7 Å². The number of rotatable bonds is 7. The number of pyridine rings is 1. The zero-order valence-corrected chi connectivity index (χ0v) is 19.1. The van der Waals surface area contributed by atoms with Crippen LogP contribution in [0.4, 0.5) is 23.7 Å². The number of halogens is 3. The van der Waals surface area contributed by atoms with Crippen molar-refractivity contribution < 1.29 is 37.7 Å². The van der Waals surface area contributed by atoms with Crippen molar-refractivity contribution in [2.45, 2.75) is 25.7 Å². The molecule has 0 fully saturated rings. The van der Waals surface area contributed by atoms with Crippen LogP contribution >= 0.6 is 0 Å². The highest BCUT2D eigenvalue weighted by Gasteiger charge is 2.32. The monoisotopic (exact) mass is 505 g/mol. The van der Waals surface area contributed by atoms with E-state index in [1.807, 2.05) is 0 Å². The van der Waals surface area contributed by atoms with E-state index >= 15 is 0 Å². The van der Waals surface area contributed by atoms with Crippen LogP contribution in [0, 0.1) is 6.92 Å². The lowest BCUT2D eigenvalue weighted by atomic mass is 9.97. The molecule has 1 heterocycles. The molecule has 190 valence electrons. The van der Waals surface area contributed by atoms with E-state index in [4.69, 9.17) is 0 Å². The van der Waals surface area contributed by atoms with Gasteiger partial charge in [0.15, 0.2) is 5.69 Å². The van der Waals surface area contributed by atoms with E-state index in [1.54, 1.807) is 0 Å². The minimum atomic E-state index is -4.92. The summed E-state index contributed by atoms with van der Waals surface area (Å²) in [5, 5.41) is 24.2. The van der Waals surface area contributed by atoms with Gasteiger partial charge in [0, 0.05) is 24.4 Å². The number of carbonyl (C=O) groups excluding carboxylic acids is 1. The fourth-order valence-electron chi connectivity index (χ4n) is 3.57. The average molecular weight is 505 g/mol. The maximum atomic E-state index is 12.8. The molecule has 2 aromatic carbocycles. The van der Waals surface area contributed by atoms with Gasteiger partial charge < -0.3 is 30.2 Å². The molecule has 0 saturated carbocycles. The Morgan fingerprint density at radius 2 is 1.83 bits per heavy atom. The van der Waals surface area contributed by atoms with Gasteiger partial charge in [-0.15, -0.1) is 13.2 Å². The molecular formula is C24H22F3N3O6. The Kier molecular flexibility index (Phi) is 7.56. The number of benzene rings is 2. The van der Waals surface area contributed by atoms with Gasteiger partial charge in [-0.25, -0.2) is 4.79 Å². The van der Waals surface area contributed by atoms with Crippen molar-refractivity contribution >= 4 is 17.7 Å². The highest BCUT2D eigenvalue weighted by Crippen LogP contribution is 2.35. The van der Waals surface area contributed by atoms with Crippen LogP contribution in [0.25, 0.3) is 11.1 Å². The Balaban J connectivity index is 1.92. The van der Waals surface area contributed by atoms with Crippen molar-refractivity contribution in [1.29, 1.82) is 0 Å². The lowest BCUT2D eigenvalue weighted by Gasteiger charge is -2.20. The number of anilines is 1. The normalized spacial score (nSPS) is 12.0. The molecule has 2 amide bonds. The van der Waals surface area contributed by atoms with Crippen LogP contribution in [-0.4, -0.2) is 33.1 Å². The topological polar surface area (TPSA) is 130 Å². The van der Waals surface area contributed by atoms with E-state index in [9.17, 15) is 37.8 Å². The second-order valence-corrected chi connectivity index (χ2v) is 7.87. The first-order chi connectivity index (χ1) is 16.9. The SMILES string of the molecule is Cc1cn(C)c(=O)c(NC(=O)N[C@@H](CC(=O)O)c2cccc(-c3ccccc3OC(F)(F)F)c2)c1O. The minimum Gasteiger partial charge on any atom is -0.505 e. The molecule has 0 aliphatic carbocycles. The van der Waals surface area contributed by atoms with Crippen molar-refractivity contribution in [2.24, 2.45) is 7.05 Å². The average Bonchev–Trinajstić information content (AvgIpc) is 2.79. The third kappa shape index (κ3) is 6.34. The summed E-state index contributed by atoms with van der Waals surface area (Å²) in [5.74, 6) is -2.15. The summed E-state index contributed by atoms with van der Waals surface area (Å²) in [6.07, 6.45) is -4.12. The number of aliphatic carboxylic acids is 1. The quantitative estimate of drug-likeness (QED) is 0.379. The van der Waals surface area contributed by atoms with E-state index in [0.29, 0.717) is 5.56 Å². The van der Waals surface area contributed by atoms with E-state index < -0.39 is 53.6 Å². The van der Waals surface area contributed by atoms with Crippen molar-refractivity contribution in [3.8, 4) is 22.6 Å². The number of para-hydroxylation sites is 1. The molecule has 4 N–H and O–H groups in total. The first-order valence-electron chi connectivity index (χ1n) is 10.5. The first-order valence-corrected chi connectivity index (χ1v) is 10.5. The third-order valence-corrected chi connectivity index (χ3v) is 5.17. The van der Waals surface area contributed by atoms with Crippen molar-refractivity contribution in [3.63, 3.8) is 0 Å². The van der Waals surface area contributed by atoms with Gasteiger partial charge in [-0.2, -0.15) is 0 Å². The Bertz CT molecular complexity index is 1350. The summed E-state index contributed by atoms with van der Waals surface area (Å²) in [4.78, 5) is 36.4. The van der Waals surface area contributed by atoms with Gasteiger partial charge in [-0.1, -0.05) is 36.4 Å².